The van der Waals surface area contributed by atoms with E-state index in [9.17, 15) is 14.3 Å². The summed E-state index contributed by atoms with van der Waals surface area (Å²) in [6, 6.07) is 9.75. The lowest BCUT2D eigenvalue weighted by molar-refractivity contribution is -0.0860. The lowest BCUT2D eigenvalue weighted by Gasteiger charge is -2.34. The molecule has 5 heteroatoms. The van der Waals surface area contributed by atoms with E-state index in [2.05, 4.69) is 11.6 Å². The summed E-state index contributed by atoms with van der Waals surface area (Å²) in [4.78, 5) is 19.3. The second kappa shape index (κ2) is 6.53. The quantitative estimate of drug-likeness (QED) is 0.688. The Labute approximate surface area is 162 Å². The first-order chi connectivity index (χ1) is 13.4. The van der Waals surface area contributed by atoms with E-state index in [0.717, 1.165) is 27.6 Å². The normalized spacial score (nSPS) is 18.6. The molecule has 1 aromatic heterocycles. The van der Waals surface area contributed by atoms with E-state index in [4.69, 9.17) is 0 Å². The van der Waals surface area contributed by atoms with Gasteiger partial charge in [-0.3, -0.25) is 9.78 Å². The van der Waals surface area contributed by atoms with Gasteiger partial charge in [-0.05, 0) is 48.7 Å². The van der Waals surface area contributed by atoms with Gasteiger partial charge in [0, 0.05) is 30.1 Å². The van der Waals surface area contributed by atoms with Crippen LogP contribution in [-0.4, -0.2) is 20.9 Å². The van der Waals surface area contributed by atoms with Crippen LogP contribution in [0.5, 0.6) is 0 Å². The number of nitrogens with zero attached hydrogens (tertiary/aromatic N) is 2. The van der Waals surface area contributed by atoms with E-state index in [0.29, 0.717) is 11.1 Å². The predicted octanol–water partition coefficient (Wildman–Crippen LogP) is 4.37. The van der Waals surface area contributed by atoms with Crippen LogP contribution < -0.4 is 0 Å². The fourth-order valence-electron chi connectivity index (χ4n) is 4.23. The van der Waals surface area contributed by atoms with Crippen molar-refractivity contribution in [2.24, 2.45) is 0 Å². The molecule has 1 N–H and O–H groups in total. The number of pyridine rings is 1. The van der Waals surface area contributed by atoms with E-state index in [1.807, 2.05) is 26.0 Å². The van der Waals surface area contributed by atoms with E-state index in [-0.39, 0.29) is 24.7 Å². The number of amides is 1. The van der Waals surface area contributed by atoms with Gasteiger partial charge in [-0.15, -0.1) is 6.58 Å². The fraction of sp³-hybridized carbons (Fsp3) is 0.217. The topological polar surface area (TPSA) is 53.4 Å². The third-order valence-electron chi connectivity index (χ3n) is 5.56. The Morgan fingerprint density at radius 2 is 1.93 bits per heavy atom. The third-order valence-corrected chi connectivity index (χ3v) is 5.56. The molecule has 0 aliphatic carbocycles. The van der Waals surface area contributed by atoms with Crippen molar-refractivity contribution in [1.29, 1.82) is 0 Å². The van der Waals surface area contributed by atoms with Gasteiger partial charge in [0.15, 0.2) is 5.72 Å². The van der Waals surface area contributed by atoms with Gasteiger partial charge in [0.05, 0.1) is 11.1 Å². The molecule has 4 nitrogen and oxygen atoms in total. The van der Waals surface area contributed by atoms with Crippen molar-refractivity contribution in [3.63, 3.8) is 0 Å². The lowest BCUT2D eigenvalue weighted by Crippen LogP contribution is -2.43. The monoisotopic (exact) mass is 376 g/mol. The average molecular weight is 376 g/mol. The van der Waals surface area contributed by atoms with Crippen molar-refractivity contribution >= 4 is 16.8 Å². The molecule has 2 heterocycles. The van der Waals surface area contributed by atoms with Crippen LogP contribution in [0.3, 0.4) is 0 Å². The van der Waals surface area contributed by atoms with Crippen molar-refractivity contribution in [3.8, 4) is 0 Å². The van der Waals surface area contributed by atoms with Crippen LogP contribution in [0.4, 0.5) is 4.39 Å². The second-order valence-electron chi connectivity index (χ2n) is 7.23. The maximum Gasteiger partial charge on any atom is 0.257 e. The number of hydrogen-bond donors (Lipinski definition) is 1. The molecule has 0 saturated heterocycles. The number of carbonyl (C=O) groups excluding carboxylic acids is 1. The number of aliphatic hydroxyl groups is 1. The first kappa shape index (κ1) is 18.3. The van der Waals surface area contributed by atoms with E-state index in [1.54, 1.807) is 24.4 Å². The summed E-state index contributed by atoms with van der Waals surface area (Å²) >= 11 is 0. The number of carbonyl (C=O) groups is 1. The van der Waals surface area contributed by atoms with Crippen molar-refractivity contribution < 1.29 is 14.3 Å². The molecule has 2 aromatic carbocycles. The Morgan fingerprint density at radius 1 is 1.21 bits per heavy atom. The maximum atomic E-state index is 13.4. The minimum absolute atomic E-state index is 0.167. The summed E-state index contributed by atoms with van der Waals surface area (Å²) in [6.45, 7) is 7.71. The molecule has 0 spiro atoms. The molecular weight excluding hydrogens is 355 g/mol. The van der Waals surface area contributed by atoms with Crippen molar-refractivity contribution in [2.45, 2.75) is 32.5 Å². The number of aryl methyl sites for hydroxylation is 2. The van der Waals surface area contributed by atoms with Crippen LogP contribution in [-0.2, 0) is 12.3 Å². The summed E-state index contributed by atoms with van der Waals surface area (Å²) in [6.07, 6.45) is 3.51. The molecule has 28 heavy (non-hydrogen) atoms. The molecule has 0 radical (unpaired) electrons. The highest BCUT2D eigenvalue weighted by Gasteiger charge is 2.50. The van der Waals surface area contributed by atoms with Crippen LogP contribution in [0.2, 0.25) is 0 Å². The standard InChI is InChI=1S/C23H21FN2O2/c1-4-11-23(28)20-14(2)18-6-5-12-25-21(18)15(3)19(20)22(27)26(23)13-16-7-9-17(24)10-8-16/h4-10,12,28H,1,11,13H2,2-3H3. The Kier molecular flexibility index (Phi) is 4.27. The number of hydrogen-bond acceptors (Lipinski definition) is 3. The summed E-state index contributed by atoms with van der Waals surface area (Å²) in [5, 5.41) is 12.6. The molecule has 0 saturated carbocycles. The lowest BCUT2D eigenvalue weighted by atomic mass is 9.88. The molecule has 1 unspecified atom stereocenters. The van der Waals surface area contributed by atoms with Gasteiger partial charge in [-0.25, -0.2) is 4.39 Å². The number of benzene rings is 2. The summed E-state index contributed by atoms with van der Waals surface area (Å²) in [5.41, 5.74) is 2.68. The number of fused-ring (bicyclic) bond motifs is 2. The average Bonchev–Trinajstić information content (AvgIpc) is 2.90. The fourth-order valence-corrected chi connectivity index (χ4v) is 4.23. The SMILES string of the molecule is C=CCC1(O)c2c(c(C)c3ncccc3c2C)C(=O)N1Cc1ccc(F)cc1. The van der Waals surface area contributed by atoms with E-state index in [1.165, 1.54) is 17.0 Å². The Morgan fingerprint density at radius 3 is 2.61 bits per heavy atom. The molecule has 0 fully saturated rings. The van der Waals surface area contributed by atoms with Crippen molar-refractivity contribution in [2.75, 3.05) is 0 Å². The summed E-state index contributed by atoms with van der Waals surface area (Å²) in [7, 11) is 0. The minimum atomic E-state index is -1.51. The Balaban J connectivity index is 1.94. The largest absolute Gasteiger partial charge is 0.366 e. The zero-order chi connectivity index (χ0) is 20.1. The van der Waals surface area contributed by atoms with Gasteiger partial charge < -0.3 is 10.0 Å². The zero-order valence-electron chi connectivity index (χ0n) is 15.9. The van der Waals surface area contributed by atoms with Crippen LogP contribution in [0, 0.1) is 19.7 Å². The highest BCUT2D eigenvalue weighted by atomic mass is 19.1. The van der Waals surface area contributed by atoms with Gasteiger partial charge >= 0.3 is 0 Å². The van der Waals surface area contributed by atoms with Gasteiger partial charge in [0.25, 0.3) is 5.91 Å². The minimum Gasteiger partial charge on any atom is -0.366 e. The van der Waals surface area contributed by atoms with Gasteiger partial charge in [-0.2, -0.15) is 0 Å². The molecule has 1 aliphatic rings. The van der Waals surface area contributed by atoms with Crippen LogP contribution in [0.25, 0.3) is 10.9 Å². The number of aromatic nitrogens is 1. The van der Waals surface area contributed by atoms with Crippen LogP contribution in [0.1, 0.15) is 39.0 Å². The highest BCUT2D eigenvalue weighted by Crippen LogP contribution is 2.46. The van der Waals surface area contributed by atoms with Gasteiger partial charge in [0.2, 0.25) is 0 Å². The van der Waals surface area contributed by atoms with Crippen molar-refractivity contribution in [3.05, 3.63) is 88.9 Å². The van der Waals surface area contributed by atoms with Crippen LogP contribution in [0.15, 0.2) is 55.3 Å². The van der Waals surface area contributed by atoms with Gasteiger partial charge in [0.1, 0.15) is 5.82 Å². The smallest absolute Gasteiger partial charge is 0.257 e. The Hall–Kier alpha value is -3.05. The predicted molar refractivity (Wildman–Crippen MR) is 106 cm³/mol. The van der Waals surface area contributed by atoms with Gasteiger partial charge in [-0.1, -0.05) is 24.3 Å². The molecule has 4 rings (SSSR count). The number of halogens is 1. The first-order valence-electron chi connectivity index (χ1n) is 9.16. The number of rotatable bonds is 4. The zero-order valence-corrected chi connectivity index (χ0v) is 15.9. The van der Waals surface area contributed by atoms with Crippen LogP contribution >= 0.6 is 0 Å². The summed E-state index contributed by atoms with van der Waals surface area (Å²) < 4.78 is 13.3. The highest BCUT2D eigenvalue weighted by molar-refractivity contribution is 6.06. The van der Waals surface area contributed by atoms with E-state index < -0.39 is 5.72 Å². The maximum absolute atomic E-state index is 13.4. The molecule has 1 aliphatic heterocycles. The molecule has 1 amide bonds. The molecule has 1 atom stereocenters. The molecule has 0 bridgehead atoms. The third kappa shape index (κ3) is 2.54. The first-order valence-corrected chi connectivity index (χ1v) is 9.16. The van der Waals surface area contributed by atoms with Crippen molar-refractivity contribution in [1.82, 2.24) is 9.88 Å². The summed E-state index contributed by atoms with van der Waals surface area (Å²) in [5.74, 6) is -0.595. The molecular formula is C23H21FN2O2. The second-order valence-corrected chi connectivity index (χ2v) is 7.23. The molecule has 142 valence electrons. The molecule has 3 aromatic rings. The van der Waals surface area contributed by atoms with E-state index >= 15 is 0 Å². The Bertz CT molecular complexity index is 1110.